The fraction of sp³-hybridized carbons (Fsp3) is 0.588. The second kappa shape index (κ2) is 6.06. The second-order valence-electron chi connectivity index (χ2n) is 6.43. The van der Waals surface area contributed by atoms with Gasteiger partial charge in [0.05, 0.1) is 0 Å². The Morgan fingerprint density at radius 1 is 1.29 bits per heavy atom. The molecule has 1 amide bonds. The molecule has 1 saturated carbocycles. The van der Waals surface area contributed by atoms with Crippen LogP contribution in [0.3, 0.4) is 0 Å². The van der Waals surface area contributed by atoms with Crippen molar-refractivity contribution in [3.63, 3.8) is 0 Å². The zero-order chi connectivity index (χ0) is 14.8. The number of hydrogen-bond acceptors (Lipinski definition) is 3. The monoisotopic (exact) mass is 287 g/mol. The van der Waals surface area contributed by atoms with Gasteiger partial charge in [0.1, 0.15) is 0 Å². The molecule has 0 spiro atoms. The van der Waals surface area contributed by atoms with Crippen LogP contribution in [-0.2, 0) is 11.3 Å². The van der Waals surface area contributed by atoms with Crippen LogP contribution in [0.15, 0.2) is 18.2 Å². The van der Waals surface area contributed by atoms with Gasteiger partial charge in [-0.05, 0) is 55.9 Å². The maximum Gasteiger partial charge on any atom is 0.220 e. The molecule has 0 radical (unpaired) electrons. The van der Waals surface area contributed by atoms with Crippen LogP contribution in [0.25, 0.3) is 0 Å². The van der Waals surface area contributed by atoms with Crippen LogP contribution >= 0.6 is 0 Å². The van der Waals surface area contributed by atoms with Gasteiger partial charge in [0.2, 0.25) is 5.91 Å². The number of carbonyl (C=O) groups excluding carboxylic acids is 1. The van der Waals surface area contributed by atoms with Gasteiger partial charge in [0.25, 0.3) is 0 Å². The number of hydrogen-bond donors (Lipinski definition) is 2. The van der Waals surface area contributed by atoms with Crippen molar-refractivity contribution in [2.45, 2.75) is 45.2 Å². The standard InChI is InChI=1S/C17H25N3O/c1-12-10-16(5-2-14(12)11-19-15-3-4-15)20-8-6-13(7-9-20)17(18)21/h2,5,10,13,15,19H,3-4,6-9,11H2,1H3,(H2,18,21). The Bertz CT molecular complexity index is 517. The maximum atomic E-state index is 11.2. The first-order valence-corrected chi connectivity index (χ1v) is 8.00. The minimum atomic E-state index is -0.146. The van der Waals surface area contributed by atoms with E-state index in [0.29, 0.717) is 0 Å². The Balaban J connectivity index is 1.60. The lowest BCUT2D eigenvalue weighted by Crippen LogP contribution is -2.38. The van der Waals surface area contributed by atoms with Gasteiger partial charge in [-0.15, -0.1) is 0 Å². The van der Waals surface area contributed by atoms with E-state index >= 15 is 0 Å². The number of rotatable bonds is 5. The van der Waals surface area contributed by atoms with Crippen LogP contribution in [0.4, 0.5) is 5.69 Å². The van der Waals surface area contributed by atoms with Gasteiger partial charge in [-0.25, -0.2) is 0 Å². The number of nitrogens with zero attached hydrogens (tertiary/aromatic N) is 1. The van der Waals surface area contributed by atoms with Crippen molar-refractivity contribution in [2.75, 3.05) is 18.0 Å². The Labute approximate surface area is 126 Å². The number of nitrogens with two attached hydrogens (primary N) is 1. The van der Waals surface area contributed by atoms with E-state index < -0.39 is 0 Å². The highest BCUT2D eigenvalue weighted by Gasteiger charge is 2.23. The van der Waals surface area contributed by atoms with Crippen LogP contribution in [-0.4, -0.2) is 25.0 Å². The van der Waals surface area contributed by atoms with Gasteiger partial charge in [-0.3, -0.25) is 4.79 Å². The summed E-state index contributed by atoms with van der Waals surface area (Å²) < 4.78 is 0. The number of piperidine rings is 1. The molecule has 3 N–H and O–H groups in total. The van der Waals surface area contributed by atoms with Crippen LogP contribution in [0.2, 0.25) is 0 Å². The number of amides is 1. The number of primary amides is 1. The quantitative estimate of drug-likeness (QED) is 0.870. The van der Waals surface area contributed by atoms with Crippen LogP contribution in [0.5, 0.6) is 0 Å². The van der Waals surface area contributed by atoms with E-state index in [0.717, 1.165) is 38.5 Å². The Morgan fingerprint density at radius 3 is 2.57 bits per heavy atom. The number of benzene rings is 1. The smallest absolute Gasteiger partial charge is 0.220 e. The maximum absolute atomic E-state index is 11.2. The van der Waals surface area contributed by atoms with E-state index in [9.17, 15) is 4.79 Å². The lowest BCUT2D eigenvalue weighted by atomic mass is 9.95. The van der Waals surface area contributed by atoms with E-state index in [1.807, 2.05) is 0 Å². The van der Waals surface area contributed by atoms with Crippen LogP contribution in [0, 0.1) is 12.8 Å². The van der Waals surface area contributed by atoms with E-state index in [4.69, 9.17) is 5.73 Å². The molecule has 0 bridgehead atoms. The lowest BCUT2D eigenvalue weighted by molar-refractivity contribution is -0.122. The predicted molar refractivity (Wildman–Crippen MR) is 85.2 cm³/mol. The topological polar surface area (TPSA) is 58.4 Å². The molecule has 4 nitrogen and oxygen atoms in total. The number of aryl methyl sites for hydroxylation is 1. The predicted octanol–water partition coefficient (Wildman–Crippen LogP) is 1.95. The molecule has 4 heteroatoms. The number of anilines is 1. The molecule has 1 aromatic carbocycles. The third kappa shape index (κ3) is 3.56. The SMILES string of the molecule is Cc1cc(N2CCC(C(N)=O)CC2)ccc1CNC1CC1. The molecule has 1 saturated heterocycles. The van der Waals surface area contributed by atoms with E-state index in [1.165, 1.54) is 29.7 Å². The lowest BCUT2D eigenvalue weighted by Gasteiger charge is -2.32. The summed E-state index contributed by atoms with van der Waals surface area (Å²) in [5.41, 5.74) is 9.39. The molecule has 1 aliphatic heterocycles. The summed E-state index contributed by atoms with van der Waals surface area (Å²) in [5.74, 6) is -0.0864. The highest BCUT2D eigenvalue weighted by Crippen LogP contribution is 2.26. The fourth-order valence-corrected chi connectivity index (χ4v) is 3.04. The molecule has 21 heavy (non-hydrogen) atoms. The summed E-state index contributed by atoms with van der Waals surface area (Å²) in [5, 5.41) is 3.57. The van der Waals surface area contributed by atoms with Gasteiger partial charge in [0, 0.05) is 37.3 Å². The fourth-order valence-electron chi connectivity index (χ4n) is 3.04. The van der Waals surface area contributed by atoms with E-state index in [1.54, 1.807) is 0 Å². The third-order valence-corrected chi connectivity index (χ3v) is 4.75. The summed E-state index contributed by atoms with van der Waals surface area (Å²) in [6, 6.07) is 7.47. The van der Waals surface area contributed by atoms with E-state index in [-0.39, 0.29) is 11.8 Å². The first-order valence-electron chi connectivity index (χ1n) is 8.00. The number of nitrogens with one attached hydrogen (secondary N) is 1. The average molecular weight is 287 g/mol. The number of carbonyl (C=O) groups is 1. The molecular weight excluding hydrogens is 262 g/mol. The van der Waals surface area contributed by atoms with Crippen LogP contribution in [0.1, 0.15) is 36.8 Å². The molecule has 0 atom stereocenters. The van der Waals surface area contributed by atoms with Gasteiger partial charge in [-0.1, -0.05) is 6.07 Å². The zero-order valence-electron chi connectivity index (χ0n) is 12.8. The van der Waals surface area contributed by atoms with Crippen molar-refractivity contribution < 1.29 is 4.79 Å². The molecule has 1 aliphatic carbocycles. The molecule has 1 aromatic rings. The van der Waals surface area contributed by atoms with Crippen molar-refractivity contribution in [1.82, 2.24) is 5.32 Å². The summed E-state index contributed by atoms with van der Waals surface area (Å²) in [4.78, 5) is 13.6. The largest absolute Gasteiger partial charge is 0.371 e. The molecule has 0 aromatic heterocycles. The van der Waals surface area contributed by atoms with Gasteiger partial charge in [-0.2, -0.15) is 0 Å². The Kier molecular flexibility index (Phi) is 4.15. The van der Waals surface area contributed by atoms with Crippen molar-refractivity contribution in [1.29, 1.82) is 0 Å². The van der Waals surface area contributed by atoms with Gasteiger partial charge >= 0.3 is 0 Å². The van der Waals surface area contributed by atoms with Gasteiger partial charge < -0.3 is 16.0 Å². The molecule has 114 valence electrons. The first kappa shape index (κ1) is 14.4. The average Bonchev–Trinajstić information content (AvgIpc) is 3.30. The molecule has 3 rings (SSSR count). The highest BCUT2D eigenvalue weighted by atomic mass is 16.1. The van der Waals surface area contributed by atoms with Gasteiger partial charge in [0.15, 0.2) is 0 Å². The molecule has 1 heterocycles. The van der Waals surface area contributed by atoms with Crippen molar-refractivity contribution in [3.05, 3.63) is 29.3 Å². The van der Waals surface area contributed by atoms with Crippen molar-refractivity contribution >= 4 is 11.6 Å². The Hall–Kier alpha value is -1.55. The minimum Gasteiger partial charge on any atom is -0.371 e. The minimum absolute atomic E-state index is 0.0596. The highest BCUT2D eigenvalue weighted by molar-refractivity contribution is 5.77. The summed E-state index contributed by atoms with van der Waals surface area (Å²) in [6.07, 6.45) is 4.40. The molecular formula is C17H25N3O. The molecule has 2 fully saturated rings. The second-order valence-corrected chi connectivity index (χ2v) is 6.43. The first-order chi connectivity index (χ1) is 10.1. The van der Waals surface area contributed by atoms with E-state index in [2.05, 4.69) is 35.3 Å². The van der Waals surface area contributed by atoms with Crippen LogP contribution < -0.4 is 16.0 Å². The zero-order valence-corrected chi connectivity index (χ0v) is 12.8. The summed E-state index contributed by atoms with van der Waals surface area (Å²) in [7, 11) is 0. The summed E-state index contributed by atoms with van der Waals surface area (Å²) in [6.45, 7) is 5.00. The molecule has 0 unspecified atom stereocenters. The summed E-state index contributed by atoms with van der Waals surface area (Å²) >= 11 is 0. The third-order valence-electron chi connectivity index (χ3n) is 4.75. The Morgan fingerprint density at radius 2 is 2.00 bits per heavy atom. The van der Waals surface area contributed by atoms with Crippen molar-refractivity contribution in [2.24, 2.45) is 11.7 Å². The van der Waals surface area contributed by atoms with Crippen molar-refractivity contribution in [3.8, 4) is 0 Å². The normalized spacial score (nSPS) is 19.8. The molecule has 2 aliphatic rings.